The third-order valence-corrected chi connectivity index (χ3v) is 5.92. The number of rotatable bonds is 6. The molecule has 2 heterocycles. The van der Waals surface area contributed by atoms with E-state index in [-0.39, 0.29) is 5.91 Å². The molecule has 0 radical (unpaired) electrons. The minimum Gasteiger partial charge on any atom is -0.497 e. The molecule has 0 unspecified atom stereocenters. The number of hydrogen-bond acceptors (Lipinski definition) is 6. The number of ether oxygens (including phenoxy) is 1. The Hall–Kier alpha value is -3.35. The van der Waals surface area contributed by atoms with Crippen LogP contribution in [0.5, 0.6) is 5.75 Å². The van der Waals surface area contributed by atoms with Gasteiger partial charge >= 0.3 is 0 Å². The maximum Gasteiger partial charge on any atom is 0.227 e. The number of anilines is 1. The number of amides is 1. The summed E-state index contributed by atoms with van der Waals surface area (Å²) in [6.07, 6.45) is 0.812. The highest BCUT2D eigenvalue weighted by Crippen LogP contribution is 2.24. The molecule has 1 fully saturated rings. The van der Waals surface area contributed by atoms with Gasteiger partial charge in [0, 0.05) is 50.3 Å². The van der Waals surface area contributed by atoms with Crippen LogP contribution in [0.2, 0.25) is 0 Å². The van der Waals surface area contributed by atoms with E-state index < -0.39 is 0 Å². The Morgan fingerprint density at radius 2 is 1.81 bits per heavy atom. The average molecular weight is 421 g/mol. The first-order valence-corrected chi connectivity index (χ1v) is 10.6. The van der Waals surface area contributed by atoms with Gasteiger partial charge in [0.1, 0.15) is 5.75 Å². The molecule has 0 bridgehead atoms. The molecule has 162 valence electrons. The molecule has 1 aliphatic rings. The van der Waals surface area contributed by atoms with E-state index in [1.807, 2.05) is 29.2 Å². The van der Waals surface area contributed by atoms with E-state index in [4.69, 9.17) is 9.26 Å². The second-order valence-corrected chi connectivity index (χ2v) is 7.83. The molecule has 31 heavy (non-hydrogen) atoms. The number of methoxy groups -OCH3 is 1. The highest BCUT2D eigenvalue weighted by molar-refractivity contribution is 5.76. The fraction of sp³-hybridized carbons (Fsp3) is 0.375. The van der Waals surface area contributed by atoms with Gasteiger partial charge in [-0.25, -0.2) is 0 Å². The lowest BCUT2D eigenvalue weighted by Crippen LogP contribution is -2.49. The molecule has 7 heteroatoms. The van der Waals surface area contributed by atoms with Crippen molar-refractivity contribution < 1.29 is 14.1 Å². The smallest absolute Gasteiger partial charge is 0.227 e. The molecule has 1 aromatic heterocycles. The highest BCUT2D eigenvalue weighted by Gasteiger charge is 2.22. The second-order valence-electron chi connectivity index (χ2n) is 7.83. The van der Waals surface area contributed by atoms with Crippen LogP contribution in [0.1, 0.15) is 23.4 Å². The first-order valence-electron chi connectivity index (χ1n) is 10.6. The van der Waals surface area contributed by atoms with Crippen LogP contribution >= 0.6 is 0 Å². The van der Waals surface area contributed by atoms with Crippen molar-refractivity contribution in [2.45, 2.75) is 26.7 Å². The van der Waals surface area contributed by atoms with Gasteiger partial charge in [0.05, 0.1) is 7.11 Å². The van der Waals surface area contributed by atoms with E-state index in [0.717, 1.165) is 37.5 Å². The van der Waals surface area contributed by atoms with Crippen molar-refractivity contribution in [2.75, 3.05) is 38.2 Å². The monoisotopic (exact) mass is 420 g/mol. The summed E-state index contributed by atoms with van der Waals surface area (Å²) < 4.78 is 10.5. The average Bonchev–Trinajstić information content (AvgIpc) is 3.28. The number of nitrogens with zero attached hydrogens (tertiary/aromatic N) is 4. The lowest BCUT2D eigenvalue weighted by atomic mass is 10.1. The molecule has 0 atom stereocenters. The number of carbonyl (C=O) groups is 1. The summed E-state index contributed by atoms with van der Waals surface area (Å²) >= 11 is 0. The third kappa shape index (κ3) is 4.71. The van der Waals surface area contributed by atoms with Gasteiger partial charge in [0.25, 0.3) is 0 Å². The molecular weight excluding hydrogens is 392 g/mol. The van der Waals surface area contributed by atoms with Gasteiger partial charge < -0.3 is 19.1 Å². The van der Waals surface area contributed by atoms with Gasteiger partial charge in [-0.05, 0) is 55.3 Å². The molecule has 3 aromatic rings. The number of aryl methyl sites for hydroxylation is 2. The normalized spacial score (nSPS) is 14.0. The number of piperazine rings is 1. The van der Waals surface area contributed by atoms with Crippen LogP contribution in [-0.4, -0.2) is 54.2 Å². The lowest BCUT2D eigenvalue weighted by Gasteiger charge is -2.37. The zero-order valence-electron chi connectivity index (χ0n) is 18.3. The van der Waals surface area contributed by atoms with Gasteiger partial charge in [-0.2, -0.15) is 4.98 Å². The van der Waals surface area contributed by atoms with Gasteiger partial charge in [-0.3, -0.25) is 4.79 Å². The zero-order chi connectivity index (χ0) is 21.8. The van der Waals surface area contributed by atoms with E-state index in [1.54, 1.807) is 7.11 Å². The van der Waals surface area contributed by atoms with Gasteiger partial charge in [0.15, 0.2) is 0 Å². The molecule has 0 spiro atoms. The summed E-state index contributed by atoms with van der Waals surface area (Å²) in [6, 6.07) is 13.9. The van der Waals surface area contributed by atoms with Crippen LogP contribution in [0, 0.1) is 13.8 Å². The van der Waals surface area contributed by atoms with Crippen LogP contribution in [-0.2, 0) is 11.2 Å². The van der Waals surface area contributed by atoms with Crippen molar-refractivity contribution in [2.24, 2.45) is 0 Å². The summed E-state index contributed by atoms with van der Waals surface area (Å²) in [7, 11) is 1.63. The van der Waals surface area contributed by atoms with E-state index in [9.17, 15) is 4.79 Å². The molecule has 1 saturated heterocycles. The van der Waals surface area contributed by atoms with Crippen LogP contribution < -0.4 is 9.64 Å². The van der Waals surface area contributed by atoms with Crippen molar-refractivity contribution in [3.63, 3.8) is 0 Å². The molecule has 0 aliphatic carbocycles. The van der Waals surface area contributed by atoms with Crippen LogP contribution in [0.25, 0.3) is 11.4 Å². The van der Waals surface area contributed by atoms with Crippen LogP contribution in [0.15, 0.2) is 47.0 Å². The van der Waals surface area contributed by atoms with Crippen molar-refractivity contribution in [1.82, 2.24) is 15.0 Å². The molecule has 4 rings (SSSR count). The SMILES string of the molecule is COc1ccc(-c2noc(CCC(=O)N3CCN(c4cccc(C)c4C)CC3)n2)cc1. The minimum absolute atomic E-state index is 0.129. The Morgan fingerprint density at radius 1 is 1.06 bits per heavy atom. The highest BCUT2D eigenvalue weighted by atomic mass is 16.5. The number of hydrogen-bond donors (Lipinski definition) is 0. The van der Waals surface area contributed by atoms with Crippen LogP contribution in [0.3, 0.4) is 0 Å². The summed E-state index contributed by atoms with van der Waals surface area (Å²) in [6.45, 7) is 7.44. The predicted molar refractivity (Wildman–Crippen MR) is 119 cm³/mol. The Kier molecular flexibility index (Phi) is 6.21. The molecule has 0 saturated carbocycles. The topological polar surface area (TPSA) is 71.7 Å². The van der Waals surface area contributed by atoms with Gasteiger partial charge in [0.2, 0.25) is 17.6 Å². The summed E-state index contributed by atoms with van der Waals surface area (Å²) in [5.74, 6) is 1.90. The first kappa shape index (κ1) is 20.9. The summed E-state index contributed by atoms with van der Waals surface area (Å²) in [4.78, 5) is 21.4. The first-order chi connectivity index (χ1) is 15.0. The number of carbonyl (C=O) groups excluding carboxylic acids is 1. The van der Waals surface area contributed by atoms with Crippen molar-refractivity contribution >= 4 is 11.6 Å². The van der Waals surface area contributed by atoms with Gasteiger partial charge in [-0.1, -0.05) is 17.3 Å². The van der Waals surface area contributed by atoms with Gasteiger partial charge in [-0.15, -0.1) is 0 Å². The largest absolute Gasteiger partial charge is 0.497 e. The van der Waals surface area contributed by atoms with Crippen molar-refractivity contribution in [3.8, 4) is 17.1 Å². The van der Waals surface area contributed by atoms with Crippen molar-refractivity contribution in [3.05, 3.63) is 59.5 Å². The molecule has 0 N–H and O–H groups in total. The molecule has 2 aromatic carbocycles. The summed E-state index contributed by atoms with van der Waals surface area (Å²) in [5, 5.41) is 4.03. The second kappa shape index (κ2) is 9.20. The Morgan fingerprint density at radius 3 is 2.52 bits per heavy atom. The summed E-state index contributed by atoms with van der Waals surface area (Å²) in [5.41, 5.74) is 4.73. The van der Waals surface area contributed by atoms with E-state index in [0.29, 0.717) is 24.6 Å². The van der Waals surface area contributed by atoms with Crippen molar-refractivity contribution in [1.29, 1.82) is 0 Å². The standard InChI is InChI=1S/C24H28N4O3/c1-17-5-4-6-21(18(17)2)27-13-15-28(16-14-27)23(29)12-11-22-25-24(26-31-22)19-7-9-20(30-3)10-8-19/h4-10H,11-16H2,1-3H3. The maximum absolute atomic E-state index is 12.7. The minimum atomic E-state index is 0.129. The van der Waals surface area contributed by atoms with E-state index >= 15 is 0 Å². The van der Waals surface area contributed by atoms with Crippen LogP contribution in [0.4, 0.5) is 5.69 Å². The molecule has 1 amide bonds. The maximum atomic E-state index is 12.7. The number of aromatic nitrogens is 2. The fourth-order valence-electron chi connectivity index (χ4n) is 3.86. The number of benzene rings is 2. The fourth-order valence-corrected chi connectivity index (χ4v) is 3.86. The third-order valence-electron chi connectivity index (χ3n) is 5.92. The molecule has 1 aliphatic heterocycles. The Labute approximate surface area is 182 Å². The predicted octanol–water partition coefficient (Wildman–Crippen LogP) is 3.64. The molecular formula is C24H28N4O3. The quantitative estimate of drug-likeness (QED) is 0.606. The van der Waals surface area contributed by atoms with E-state index in [2.05, 4.69) is 47.1 Å². The lowest BCUT2D eigenvalue weighted by molar-refractivity contribution is -0.131. The Balaban J connectivity index is 1.29. The Bertz CT molecular complexity index is 1040. The molecule has 7 nitrogen and oxygen atoms in total. The van der Waals surface area contributed by atoms with E-state index in [1.165, 1.54) is 16.8 Å². The zero-order valence-corrected chi connectivity index (χ0v) is 18.3.